The number of anilines is 3. The number of fused-ring (bicyclic) bond motifs is 6. The normalized spacial score (nSPS) is 13.2. The number of benzene rings is 10. The summed E-state index contributed by atoms with van der Waals surface area (Å²) in [5, 5.41) is 0. The van der Waals surface area contributed by atoms with Crippen LogP contribution in [0.3, 0.4) is 0 Å². The second-order valence-electron chi connectivity index (χ2n) is 18.8. The van der Waals surface area contributed by atoms with E-state index < -0.39 is 21.1 Å². The summed E-state index contributed by atoms with van der Waals surface area (Å²) in [4.78, 5) is 0.559. The maximum atomic E-state index is 14.7. The van der Waals surface area contributed by atoms with Crippen LogP contribution in [0.5, 0.6) is 0 Å². The summed E-state index contributed by atoms with van der Waals surface area (Å²) in [5.41, 5.74) is 34.0. The summed E-state index contributed by atoms with van der Waals surface area (Å²) >= 11 is 0. The predicted molar refractivity (Wildman–Crippen MR) is 293 cm³/mol. The highest BCUT2D eigenvalue weighted by atomic mass is 32.2. The SMILES string of the molecule is Cc1ccc(C2(c3ccc(N)c(F)c3)c3ccccc3-c3ccccc32)cc1F.Cc1ccc(C2(c3ccc(N)cc3)c3ccccc3-c3ccccc32)cc1.Cc1ccc(S(=O)(=O)c2ccc(N)cc2)cc1. The molecule has 6 N–H and O–H groups in total. The first-order valence-corrected chi connectivity index (χ1v) is 25.5. The highest BCUT2D eigenvalue weighted by molar-refractivity contribution is 7.91. The second-order valence-corrected chi connectivity index (χ2v) is 20.7. The van der Waals surface area contributed by atoms with Crippen molar-refractivity contribution in [2.75, 3.05) is 17.2 Å². The number of halogens is 2. The molecule has 0 aromatic heterocycles. The van der Waals surface area contributed by atoms with Gasteiger partial charge in [-0.05, 0) is 160 Å². The van der Waals surface area contributed by atoms with Crippen molar-refractivity contribution >= 4 is 26.9 Å². The third-order valence-corrected chi connectivity index (χ3v) is 16.1. The zero-order valence-corrected chi connectivity index (χ0v) is 41.5. The average molecular weight is 978 g/mol. The Morgan fingerprint density at radius 2 is 0.671 bits per heavy atom. The first-order valence-electron chi connectivity index (χ1n) is 24.1. The van der Waals surface area contributed by atoms with Gasteiger partial charge in [0.15, 0.2) is 0 Å². The maximum absolute atomic E-state index is 14.7. The van der Waals surface area contributed by atoms with E-state index in [1.54, 1.807) is 61.5 Å². The molecule has 8 heteroatoms. The Hall–Kier alpha value is -8.59. The molecule has 0 heterocycles. The molecule has 0 bridgehead atoms. The number of sulfone groups is 1. The Balaban J connectivity index is 0.000000130. The van der Waals surface area contributed by atoms with Gasteiger partial charge in [-0.25, -0.2) is 17.2 Å². The molecule has 0 unspecified atom stereocenters. The minimum Gasteiger partial charge on any atom is -0.399 e. The van der Waals surface area contributed by atoms with E-state index in [0.717, 1.165) is 44.6 Å². The third kappa shape index (κ3) is 8.33. The lowest BCUT2D eigenvalue weighted by Crippen LogP contribution is -2.29. The van der Waals surface area contributed by atoms with E-state index in [1.165, 1.54) is 57.1 Å². The Bertz CT molecular complexity index is 3540. The van der Waals surface area contributed by atoms with Gasteiger partial charge in [0.2, 0.25) is 9.84 Å². The molecular weight excluding hydrogens is 925 g/mol. The smallest absolute Gasteiger partial charge is 0.206 e. The van der Waals surface area contributed by atoms with Crippen LogP contribution in [0.15, 0.2) is 240 Å². The van der Waals surface area contributed by atoms with Gasteiger partial charge >= 0.3 is 0 Å². The van der Waals surface area contributed by atoms with Gasteiger partial charge in [-0.15, -0.1) is 0 Å². The van der Waals surface area contributed by atoms with Crippen molar-refractivity contribution in [3.05, 3.63) is 303 Å². The lowest BCUT2D eigenvalue weighted by molar-refractivity contribution is 0.596. The van der Waals surface area contributed by atoms with Crippen LogP contribution in [0.1, 0.15) is 61.2 Å². The molecular formula is C65H53F2N3O2S. The number of hydrogen-bond donors (Lipinski definition) is 3. The van der Waals surface area contributed by atoms with E-state index >= 15 is 0 Å². The maximum Gasteiger partial charge on any atom is 0.206 e. The number of nitrogens with two attached hydrogens (primary N) is 3. The molecule has 0 aliphatic heterocycles. The lowest BCUT2D eigenvalue weighted by atomic mass is 9.67. The summed E-state index contributed by atoms with van der Waals surface area (Å²) in [5.74, 6) is -0.754. The molecule has 73 heavy (non-hydrogen) atoms. The number of aryl methyl sites for hydroxylation is 3. The van der Waals surface area contributed by atoms with Crippen LogP contribution in [0.25, 0.3) is 22.3 Å². The molecule has 0 amide bonds. The molecule has 360 valence electrons. The fraction of sp³-hybridized carbons (Fsp3) is 0.0769. The summed E-state index contributed by atoms with van der Waals surface area (Å²) in [6, 6.07) is 74.2. The molecule has 12 rings (SSSR count). The summed E-state index contributed by atoms with van der Waals surface area (Å²) in [6.07, 6.45) is 0. The fourth-order valence-corrected chi connectivity index (χ4v) is 11.9. The largest absolute Gasteiger partial charge is 0.399 e. The molecule has 0 saturated heterocycles. The Morgan fingerprint density at radius 1 is 0.356 bits per heavy atom. The van der Waals surface area contributed by atoms with Gasteiger partial charge in [-0.1, -0.05) is 175 Å². The Morgan fingerprint density at radius 3 is 1.08 bits per heavy atom. The topological polar surface area (TPSA) is 112 Å². The predicted octanol–water partition coefficient (Wildman–Crippen LogP) is 14.6. The van der Waals surface area contributed by atoms with Crippen molar-refractivity contribution in [2.24, 2.45) is 0 Å². The Labute approximate surface area is 426 Å². The van der Waals surface area contributed by atoms with Gasteiger partial charge in [0.1, 0.15) is 11.6 Å². The fourth-order valence-electron chi connectivity index (χ4n) is 10.7. The standard InChI is InChI=1S/C26H19F2N.C26H21N.C13H13NO2S/c1-16-10-11-17(14-23(16)27)26(18-12-13-25(29)24(28)15-18)21-8-4-2-6-19(21)20-7-3-5-9-22(20)26;1-18-10-12-19(13-11-18)26(20-14-16-21(27)17-15-20)24-8-4-2-6-22(24)23-7-3-5-9-25(23)26;1-10-2-6-12(7-3-10)17(15,16)13-8-4-11(14)5-9-13/h2-15H,29H2,1H3;2-17H,27H2,1H3;2-9H,14H2,1H3. The minimum absolute atomic E-state index is 0.0959. The van der Waals surface area contributed by atoms with E-state index in [-0.39, 0.29) is 21.8 Å². The quantitative estimate of drug-likeness (QED) is 0.144. The first kappa shape index (κ1) is 48.1. The van der Waals surface area contributed by atoms with Crippen LogP contribution in [0, 0.1) is 32.4 Å². The highest BCUT2D eigenvalue weighted by Gasteiger charge is 2.47. The number of rotatable bonds is 6. The van der Waals surface area contributed by atoms with Crippen LogP contribution in [0.4, 0.5) is 25.8 Å². The number of nitrogen functional groups attached to an aromatic ring is 3. The molecule has 5 nitrogen and oxygen atoms in total. The van der Waals surface area contributed by atoms with E-state index in [0.29, 0.717) is 16.1 Å². The zero-order valence-electron chi connectivity index (χ0n) is 40.7. The van der Waals surface area contributed by atoms with E-state index in [4.69, 9.17) is 17.2 Å². The van der Waals surface area contributed by atoms with Crippen molar-refractivity contribution < 1.29 is 17.2 Å². The molecule has 0 radical (unpaired) electrons. The number of hydrogen-bond acceptors (Lipinski definition) is 5. The molecule has 0 spiro atoms. The molecule has 0 fully saturated rings. The molecule has 0 atom stereocenters. The van der Waals surface area contributed by atoms with Gasteiger partial charge in [-0.3, -0.25) is 0 Å². The van der Waals surface area contributed by atoms with E-state index in [9.17, 15) is 17.2 Å². The van der Waals surface area contributed by atoms with Crippen molar-refractivity contribution in [3.63, 3.8) is 0 Å². The van der Waals surface area contributed by atoms with Crippen molar-refractivity contribution in [1.29, 1.82) is 0 Å². The first-order chi connectivity index (χ1) is 35.2. The monoisotopic (exact) mass is 977 g/mol. The van der Waals surface area contributed by atoms with Gasteiger partial charge in [-0.2, -0.15) is 0 Å². The molecule has 10 aromatic rings. The van der Waals surface area contributed by atoms with Crippen molar-refractivity contribution in [3.8, 4) is 22.3 Å². The van der Waals surface area contributed by atoms with Crippen LogP contribution < -0.4 is 17.2 Å². The Kier molecular flexibility index (Phi) is 12.6. The molecule has 2 aliphatic rings. The molecule has 0 saturated carbocycles. The average Bonchev–Trinajstić information content (AvgIpc) is 3.88. The van der Waals surface area contributed by atoms with Crippen molar-refractivity contribution in [2.45, 2.75) is 41.4 Å². The lowest BCUT2D eigenvalue weighted by Gasteiger charge is -2.34. The van der Waals surface area contributed by atoms with Crippen LogP contribution in [-0.4, -0.2) is 8.42 Å². The van der Waals surface area contributed by atoms with Crippen molar-refractivity contribution in [1.82, 2.24) is 0 Å². The minimum atomic E-state index is -3.43. The van der Waals surface area contributed by atoms with E-state index in [1.807, 2.05) is 67.6 Å². The van der Waals surface area contributed by atoms with E-state index in [2.05, 4.69) is 104 Å². The zero-order chi connectivity index (χ0) is 51.1. The summed E-state index contributed by atoms with van der Waals surface area (Å²) < 4.78 is 53.8. The van der Waals surface area contributed by atoms with Gasteiger partial charge in [0.25, 0.3) is 0 Å². The second kappa shape index (κ2) is 19.2. The van der Waals surface area contributed by atoms with Gasteiger partial charge < -0.3 is 17.2 Å². The summed E-state index contributed by atoms with van der Waals surface area (Å²) in [6.45, 7) is 5.79. The molecule has 2 aliphatic carbocycles. The summed E-state index contributed by atoms with van der Waals surface area (Å²) in [7, 11) is -3.43. The molecule has 10 aromatic carbocycles. The van der Waals surface area contributed by atoms with Gasteiger partial charge in [0, 0.05) is 11.4 Å². The van der Waals surface area contributed by atoms with Gasteiger partial charge in [0.05, 0.1) is 26.3 Å². The third-order valence-electron chi connectivity index (χ3n) is 14.3. The van der Waals surface area contributed by atoms with Crippen LogP contribution in [0.2, 0.25) is 0 Å². The van der Waals surface area contributed by atoms with Crippen LogP contribution in [-0.2, 0) is 20.7 Å². The van der Waals surface area contributed by atoms with Crippen LogP contribution >= 0.6 is 0 Å². The highest BCUT2D eigenvalue weighted by Crippen LogP contribution is 2.57.